The van der Waals surface area contributed by atoms with Gasteiger partial charge >= 0.3 is 5.97 Å². The second-order valence-electron chi connectivity index (χ2n) is 4.98. The number of piperidine rings is 1. The summed E-state index contributed by atoms with van der Waals surface area (Å²) in [6.07, 6.45) is 4.33. The quantitative estimate of drug-likeness (QED) is 0.802. The minimum absolute atomic E-state index is 0.0799. The molecule has 17 heavy (non-hydrogen) atoms. The molecule has 1 aliphatic heterocycles. The smallest absolute Gasteiger partial charge is 0.306 e. The predicted molar refractivity (Wildman–Crippen MR) is 65.6 cm³/mol. The van der Waals surface area contributed by atoms with Crippen molar-refractivity contribution in [3.8, 4) is 0 Å². The summed E-state index contributed by atoms with van der Waals surface area (Å²) in [4.78, 5) is 24.7. The number of carbonyl (C=O) groups is 2. The molecule has 4 nitrogen and oxygen atoms in total. The van der Waals surface area contributed by atoms with E-state index in [9.17, 15) is 9.59 Å². The lowest BCUT2D eigenvalue weighted by Crippen LogP contribution is -2.42. The van der Waals surface area contributed by atoms with Crippen molar-refractivity contribution in [1.29, 1.82) is 0 Å². The maximum atomic E-state index is 12.1. The molecular formula is C13H23NO3. The summed E-state index contributed by atoms with van der Waals surface area (Å²) in [5, 5.41) is 8.88. The molecule has 0 aliphatic carbocycles. The molecule has 1 saturated heterocycles. The van der Waals surface area contributed by atoms with Crippen LogP contribution in [0.1, 0.15) is 46.0 Å². The SMILES string of the molecule is CCCCC(C)C(=O)N1CCC(C(=O)O)CC1. The minimum atomic E-state index is -0.726. The average Bonchev–Trinajstić information content (AvgIpc) is 2.35. The van der Waals surface area contributed by atoms with Crippen LogP contribution in [0.15, 0.2) is 0 Å². The van der Waals surface area contributed by atoms with Gasteiger partial charge in [0.2, 0.25) is 5.91 Å². The summed E-state index contributed by atoms with van der Waals surface area (Å²) in [7, 11) is 0. The maximum Gasteiger partial charge on any atom is 0.306 e. The van der Waals surface area contributed by atoms with E-state index in [1.54, 1.807) is 0 Å². The van der Waals surface area contributed by atoms with Crippen LogP contribution in [-0.4, -0.2) is 35.0 Å². The van der Waals surface area contributed by atoms with Gasteiger partial charge in [-0.25, -0.2) is 0 Å². The zero-order chi connectivity index (χ0) is 12.8. The Hall–Kier alpha value is -1.06. The lowest BCUT2D eigenvalue weighted by molar-refractivity contribution is -0.146. The molecule has 1 fully saturated rings. The first-order valence-corrected chi connectivity index (χ1v) is 6.57. The maximum absolute atomic E-state index is 12.1. The van der Waals surface area contributed by atoms with Crippen molar-refractivity contribution < 1.29 is 14.7 Å². The van der Waals surface area contributed by atoms with Crippen LogP contribution in [0, 0.1) is 11.8 Å². The molecule has 1 atom stereocenters. The van der Waals surface area contributed by atoms with Crippen molar-refractivity contribution in [3.05, 3.63) is 0 Å². The highest BCUT2D eigenvalue weighted by atomic mass is 16.4. The summed E-state index contributed by atoms with van der Waals surface area (Å²) < 4.78 is 0. The van der Waals surface area contributed by atoms with Gasteiger partial charge in [0.1, 0.15) is 0 Å². The molecule has 98 valence electrons. The molecule has 0 bridgehead atoms. The number of likely N-dealkylation sites (tertiary alicyclic amines) is 1. The van der Waals surface area contributed by atoms with Crippen LogP contribution >= 0.6 is 0 Å². The fourth-order valence-corrected chi connectivity index (χ4v) is 2.29. The highest BCUT2D eigenvalue weighted by molar-refractivity contribution is 5.79. The van der Waals surface area contributed by atoms with E-state index in [0.717, 1.165) is 19.3 Å². The van der Waals surface area contributed by atoms with E-state index in [1.807, 2.05) is 11.8 Å². The van der Waals surface area contributed by atoms with Gasteiger partial charge in [-0.15, -0.1) is 0 Å². The van der Waals surface area contributed by atoms with Gasteiger partial charge in [-0.2, -0.15) is 0 Å². The Morgan fingerprint density at radius 2 is 1.94 bits per heavy atom. The van der Waals surface area contributed by atoms with E-state index in [4.69, 9.17) is 5.11 Å². The zero-order valence-electron chi connectivity index (χ0n) is 10.8. The first-order valence-electron chi connectivity index (χ1n) is 6.57. The number of rotatable bonds is 5. The third-order valence-corrected chi connectivity index (χ3v) is 3.57. The molecule has 1 heterocycles. The summed E-state index contributed by atoms with van der Waals surface area (Å²) in [6.45, 7) is 5.30. The van der Waals surface area contributed by atoms with Crippen LogP contribution in [0.5, 0.6) is 0 Å². The van der Waals surface area contributed by atoms with Gasteiger partial charge in [0.25, 0.3) is 0 Å². The van der Waals surface area contributed by atoms with Gasteiger partial charge in [-0.1, -0.05) is 26.7 Å². The van der Waals surface area contributed by atoms with E-state index in [2.05, 4.69) is 6.92 Å². The normalized spacial score (nSPS) is 19.1. The van der Waals surface area contributed by atoms with Gasteiger partial charge in [0, 0.05) is 19.0 Å². The number of unbranched alkanes of at least 4 members (excludes halogenated alkanes) is 1. The monoisotopic (exact) mass is 241 g/mol. The van der Waals surface area contributed by atoms with Crippen LogP contribution in [0.3, 0.4) is 0 Å². The molecule has 1 N–H and O–H groups in total. The Kier molecular flexibility index (Phi) is 5.45. The number of carboxylic acid groups (broad SMARTS) is 1. The molecule has 0 aromatic heterocycles. The lowest BCUT2D eigenvalue weighted by atomic mass is 9.95. The summed E-state index contributed by atoms with van der Waals surface area (Å²) in [5.74, 6) is -0.709. The van der Waals surface area contributed by atoms with Gasteiger partial charge in [0.05, 0.1) is 5.92 Å². The second-order valence-corrected chi connectivity index (χ2v) is 4.98. The van der Waals surface area contributed by atoms with E-state index in [0.29, 0.717) is 25.9 Å². The Labute approximate surface area is 103 Å². The number of amides is 1. The van der Waals surface area contributed by atoms with Gasteiger partial charge in [0.15, 0.2) is 0 Å². The van der Waals surface area contributed by atoms with E-state index < -0.39 is 5.97 Å². The van der Waals surface area contributed by atoms with Crippen molar-refractivity contribution >= 4 is 11.9 Å². The van der Waals surface area contributed by atoms with E-state index in [-0.39, 0.29) is 17.7 Å². The Morgan fingerprint density at radius 3 is 2.41 bits per heavy atom. The van der Waals surface area contributed by atoms with Gasteiger partial charge in [-0.3, -0.25) is 9.59 Å². The van der Waals surface area contributed by atoms with Crippen molar-refractivity contribution in [2.75, 3.05) is 13.1 Å². The van der Waals surface area contributed by atoms with Crippen molar-refractivity contribution in [1.82, 2.24) is 4.90 Å². The first-order chi connectivity index (χ1) is 8.06. The molecule has 4 heteroatoms. The van der Waals surface area contributed by atoms with Gasteiger partial charge in [-0.05, 0) is 19.3 Å². The highest BCUT2D eigenvalue weighted by Crippen LogP contribution is 2.20. The largest absolute Gasteiger partial charge is 0.481 e. The average molecular weight is 241 g/mol. The van der Waals surface area contributed by atoms with Crippen LogP contribution < -0.4 is 0 Å². The molecule has 0 spiro atoms. The second kappa shape index (κ2) is 6.62. The number of aliphatic carboxylic acids is 1. The summed E-state index contributed by atoms with van der Waals surface area (Å²) in [6, 6.07) is 0. The molecule has 1 rings (SSSR count). The fourth-order valence-electron chi connectivity index (χ4n) is 2.29. The predicted octanol–water partition coefficient (Wildman–Crippen LogP) is 2.14. The van der Waals surface area contributed by atoms with Crippen molar-refractivity contribution in [2.24, 2.45) is 11.8 Å². The number of carboxylic acids is 1. The summed E-state index contributed by atoms with van der Waals surface area (Å²) in [5.41, 5.74) is 0. The lowest BCUT2D eigenvalue weighted by Gasteiger charge is -2.32. The fraction of sp³-hybridized carbons (Fsp3) is 0.846. The summed E-state index contributed by atoms with van der Waals surface area (Å²) >= 11 is 0. The Balaban J connectivity index is 2.37. The van der Waals surface area contributed by atoms with Crippen molar-refractivity contribution in [3.63, 3.8) is 0 Å². The first kappa shape index (κ1) is 14.0. The van der Waals surface area contributed by atoms with Crippen LogP contribution in [-0.2, 0) is 9.59 Å². The van der Waals surface area contributed by atoms with Crippen LogP contribution in [0.25, 0.3) is 0 Å². The molecule has 1 amide bonds. The zero-order valence-corrected chi connectivity index (χ0v) is 10.8. The Morgan fingerprint density at radius 1 is 1.35 bits per heavy atom. The minimum Gasteiger partial charge on any atom is -0.481 e. The molecule has 0 aromatic carbocycles. The third kappa shape index (κ3) is 4.02. The van der Waals surface area contributed by atoms with Crippen LogP contribution in [0.4, 0.5) is 0 Å². The van der Waals surface area contributed by atoms with E-state index >= 15 is 0 Å². The third-order valence-electron chi connectivity index (χ3n) is 3.57. The standard InChI is InChI=1S/C13H23NO3/c1-3-4-5-10(2)12(15)14-8-6-11(7-9-14)13(16)17/h10-11H,3-9H2,1-2H3,(H,16,17). The number of hydrogen-bond donors (Lipinski definition) is 1. The Bertz CT molecular complexity index is 270. The topological polar surface area (TPSA) is 57.6 Å². The molecule has 0 radical (unpaired) electrons. The van der Waals surface area contributed by atoms with Crippen LogP contribution in [0.2, 0.25) is 0 Å². The molecule has 0 aromatic rings. The molecule has 1 aliphatic rings. The number of nitrogens with zero attached hydrogens (tertiary/aromatic N) is 1. The molecular weight excluding hydrogens is 218 g/mol. The highest BCUT2D eigenvalue weighted by Gasteiger charge is 2.28. The van der Waals surface area contributed by atoms with Gasteiger partial charge < -0.3 is 10.0 Å². The number of carbonyl (C=O) groups excluding carboxylic acids is 1. The number of hydrogen-bond acceptors (Lipinski definition) is 2. The van der Waals surface area contributed by atoms with Crippen molar-refractivity contribution in [2.45, 2.75) is 46.0 Å². The van der Waals surface area contributed by atoms with E-state index in [1.165, 1.54) is 0 Å². The molecule has 0 saturated carbocycles. The molecule has 1 unspecified atom stereocenters.